The van der Waals surface area contributed by atoms with Crippen LogP contribution in [-0.2, 0) is 30.2 Å². The maximum atomic E-state index is 14.3. The van der Waals surface area contributed by atoms with Crippen molar-refractivity contribution in [3.05, 3.63) is 81.6 Å². The third-order valence-corrected chi connectivity index (χ3v) is 10.9. The second-order valence-electron chi connectivity index (χ2n) is 14.2. The fourth-order valence-electron chi connectivity index (χ4n) is 8.29. The Morgan fingerprint density at radius 2 is 2.00 bits per heavy atom. The van der Waals surface area contributed by atoms with Crippen molar-refractivity contribution in [3.8, 4) is 12.1 Å². The normalized spacial score (nSPS) is 24.4. The smallest absolute Gasteiger partial charge is 0.416 e. The maximum Gasteiger partial charge on any atom is 0.416 e. The van der Waals surface area contributed by atoms with Gasteiger partial charge in [-0.3, -0.25) is 9.79 Å². The summed E-state index contributed by atoms with van der Waals surface area (Å²) in [4.78, 5) is 29.1. The van der Waals surface area contributed by atoms with Crippen LogP contribution in [0.1, 0.15) is 105 Å². The average molecular weight is 686 g/mol. The van der Waals surface area contributed by atoms with Gasteiger partial charge in [-0.05, 0) is 112 Å². The van der Waals surface area contributed by atoms with Gasteiger partial charge in [0.25, 0.3) is 0 Å². The molecule has 3 heterocycles. The minimum atomic E-state index is -4.46. The maximum absolute atomic E-state index is 14.3. The summed E-state index contributed by atoms with van der Waals surface area (Å²) in [5, 5.41) is 9.66. The van der Waals surface area contributed by atoms with Crippen molar-refractivity contribution in [1.82, 2.24) is 9.97 Å². The lowest BCUT2D eigenvalue weighted by Gasteiger charge is -2.34. The van der Waals surface area contributed by atoms with Crippen molar-refractivity contribution >= 4 is 17.8 Å². The number of carbonyl (C=O) groups is 1. The van der Waals surface area contributed by atoms with E-state index in [0.29, 0.717) is 74.4 Å². The highest BCUT2D eigenvalue weighted by Gasteiger charge is 2.37. The summed E-state index contributed by atoms with van der Waals surface area (Å²) in [7, 11) is 0. The largest absolute Gasteiger partial charge is 0.463 e. The van der Waals surface area contributed by atoms with E-state index in [1.165, 1.54) is 24.1 Å². The number of aromatic nitrogens is 2. The number of hydrogen-bond donors (Lipinski definition) is 0. The number of carbonyl (C=O) groups excluding carboxylic acids is 1. The van der Waals surface area contributed by atoms with Crippen molar-refractivity contribution in [2.45, 2.75) is 96.7 Å². The third kappa shape index (κ3) is 7.72. The lowest BCUT2D eigenvalue weighted by atomic mass is 9.80. The van der Waals surface area contributed by atoms with E-state index in [-0.39, 0.29) is 42.5 Å². The van der Waals surface area contributed by atoms with E-state index in [1.807, 2.05) is 13.0 Å². The van der Waals surface area contributed by atoms with Crippen molar-refractivity contribution < 1.29 is 22.7 Å². The van der Waals surface area contributed by atoms with E-state index >= 15 is 0 Å². The lowest BCUT2D eigenvalue weighted by molar-refractivity contribution is -0.138. The number of halogens is 3. The van der Waals surface area contributed by atoms with Gasteiger partial charge in [-0.25, -0.2) is 0 Å². The Balaban J connectivity index is 1.33. The first-order valence-corrected chi connectivity index (χ1v) is 18.0. The molecule has 4 atom stereocenters. The highest BCUT2D eigenvalue weighted by molar-refractivity contribution is 6.03. The van der Waals surface area contributed by atoms with Gasteiger partial charge in [0.1, 0.15) is 5.82 Å². The molecule has 0 spiro atoms. The highest BCUT2D eigenvalue weighted by atomic mass is 19.4. The molecule has 0 amide bonds. The molecule has 7 nitrogen and oxygen atoms in total. The van der Waals surface area contributed by atoms with Gasteiger partial charge < -0.3 is 9.64 Å². The molecule has 2 aliphatic heterocycles. The first-order chi connectivity index (χ1) is 24.1. The predicted molar refractivity (Wildman–Crippen MR) is 188 cm³/mol. The van der Waals surface area contributed by atoms with Gasteiger partial charge >= 0.3 is 12.2 Å². The van der Waals surface area contributed by atoms with Crippen molar-refractivity contribution in [1.29, 1.82) is 5.26 Å². The van der Waals surface area contributed by atoms with E-state index in [0.717, 1.165) is 41.9 Å². The first kappa shape index (κ1) is 35.6. The second-order valence-corrected chi connectivity index (χ2v) is 14.2. The molecule has 2 aliphatic carbocycles. The Morgan fingerprint density at radius 3 is 2.76 bits per heavy atom. The predicted octanol–water partition coefficient (Wildman–Crippen LogP) is 8.66. The monoisotopic (exact) mass is 685 g/mol. The fourth-order valence-corrected chi connectivity index (χ4v) is 8.29. The molecule has 0 bridgehead atoms. The third-order valence-electron chi connectivity index (χ3n) is 10.9. The van der Waals surface area contributed by atoms with E-state index < -0.39 is 11.7 Å². The first-order valence-electron chi connectivity index (χ1n) is 18.0. The van der Waals surface area contributed by atoms with Gasteiger partial charge in [0.05, 0.1) is 30.0 Å². The highest BCUT2D eigenvalue weighted by Crippen LogP contribution is 2.42. The minimum Gasteiger partial charge on any atom is -0.463 e. The Labute approximate surface area is 293 Å². The zero-order valence-corrected chi connectivity index (χ0v) is 29.1. The van der Waals surface area contributed by atoms with Crippen LogP contribution in [0.4, 0.5) is 19.0 Å². The molecular weight excluding hydrogens is 639 g/mol. The molecule has 6 rings (SSSR count). The standard InChI is InChI=1S/C40H46F3N5O2/c1-4-28-9-6-7-10-30(28)24-50-39-46-36-21-26(20-33-34-22-45-25(3)31(34)14-15-35(33)40(41,42)43)12-13-32(36)38(47-39)48-18-8-11-29(37(49)5-2)19-27(23-48)16-17-44/h4-5,11,14-15,22,25-27,30H,2,6-10,12-13,16,18-21,23-24H2,1,3H3/b28-4-,29-11?/t25-,26?,27?,30?/m0/s1. The van der Waals surface area contributed by atoms with Crippen LogP contribution in [0.15, 0.2) is 53.1 Å². The molecule has 264 valence electrons. The van der Waals surface area contributed by atoms with Crippen LogP contribution >= 0.6 is 0 Å². The van der Waals surface area contributed by atoms with Crippen molar-refractivity contribution in [2.24, 2.45) is 22.7 Å². The zero-order valence-electron chi connectivity index (χ0n) is 29.1. The molecule has 1 fully saturated rings. The van der Waals surface area contributed by atoms with Crippen LogP contribution in [0.3, 0.4) is 0 Å². The number of nitriles is 1. The molecule has 0 radical (unpaired) electrons. The number of rotatable bonds is 9. The number of allylic oxidation sites excluding steroid dienone is 3. The van der Waals surface area contributed by atoms with Gasteiger partial charge in [-0.1, -0.05) is 36.8 Å². The van der Waals surface area contributed by atoms with Gasteiger partial charge in [0.15, 0.2) is 5.78 Å². The quantitative estimate of drug-likeness (QED) is 0.194. The summed E-state index contributed by atoms with van der Waals surface area (Å²) >= 11 is 0. The van der Waals surface area contributed by atoms with Crippen LogP contribution in [0.2, 0.25) is 0 Å². The molecule has 10 heteroatoms. The zero-order chi connectivity index (χ0) is 35.4. The molecule has 0 saturated heterocycles. The van der Waals surface area contributed by atoms with Crippen LogP contribution in [0.5, 0.6) is 6.01 Å². The van der Waals surface area contributed by atoms with E-state index in [4.69, 9.17) is 14.7 Å². The van der Waals surface area contributed by atoms with Crippen LogP contribution in [0.25, 0.3) is 0 Å². The second kappa shape index (κ2) is 15.3. The van der Waals surface area contributed by atoms with Crippen LogP contribution in [0, 0.1) is 29.1 Å². The number of nitrogens with zero attached hydrogens (tertiary/aromatic N) is 5. The number of fused-ring (bicyclic) bond motifs is 2. The summed E-state index contributed by atoms with van der Waals surface area (Å²) < 4.78 is 49.3. The Kier molecular flexibility index (Phi) is 10.9. The molecule has 4 aliphatic rings. The van der Waals surface area contributed by atoms with Crippen LogP contribution in [-0.4, -0.2) is 41.7 Å². The van der Waals surface area contributed by atoms with Gasteiger partial charge in [-0.2, -0.15) is 28.4 Å². The summed E-state index contributed by atoms with van der Waals surface area (Å²) in [5.74, 6) is 0.806. The summed E-state index contributed by atoms with van der Waals surface area (Å²) in [6.07, 6.45) is 10.5. The number of benzene rings is 1. The number of aliphatic imine (C=N–C) groups is 1. The molecule has 1 aromatic carbocycles. The molecular formula is C40H46F3N5O2. The van der Waals surface area contributed by atoms with Gasteiger partial charge in [0.2, 0.25) is 0 Å². The summed E-state index contributed by atoms with van der Waals surface area (Å²) in [5.41, 5.74) is 5.06. The number of ether oxygens (including phenoxy) is 1. The Morgan fingerprint density at radius 1 is 1.16 bits per heavy atom. The van der Waals surface area contributed by atoms with Crippen molar-refractivity contribution in [3.63, 3.8) is 0 Å². The van der Waals surface area contributed by atoms with Crippen molar-refractivity contribution in [2.75, 3.05) is 24.6 Å². The summed E-state index contributed by atoms with van der Waals surface area (Å²) in [6, 6.07) is 5.21. The molecule has 2 aromatic rings. The Bertz CT molecular complexity index is 1750. The number of alkyl halides is 3. The number of ketones is 1. The molecule has 1 saturated carbocycles. The fraction of sp³-hybridized carbons (Fsp3) is 0.525. The van der Waals surface area contributed by atoms with E-state index in [1.54, 1.807) is 12.3 Å². The van der Waals surface area contributed by atoms with Gasteiger partial charge in [-0.15, -0.1) is 0 Å². The average Bonchev–Trinajstić information content (AvgIpc) is 3.48. The summed E-state index contributed by atoms with van der Waals surface area (Å²) in [6.45, 7) is 9.23. The number of hydrogen-bond acceptors (Lipinski definition) is 7. The molecule has 1 aromatic heterocycles. The molecule has 3 unspecified atom stereocenters. The van der Waals surface area contributed by atoms with Gasteiger partial charge in [0, 0.05) is 42.8 Å². The molecule has 50 heavy (non-hydrogen) atoms. The SMILES string of the molecule is C=CC(=O)C1=CCCN(c2nc(OCC3CCCC/C3=C/C)nc3c2CCC(Cc2c(C(F)(F)F)ccc4c2C=N[C@H]4C)C3)CC(CC#N)C1. The lowest BCUT2D eigenvalue weighted by Crippen LogP contribution is -2.35. The minimum absolute atomic E-state index is 0.0583. The topological polar surface area (TPSA) is 91.5 Å². The van der Waals surface area contributed by atoms with E-state index in [9.17, 15) is 23.2 Å². The van der Waals surface area contributed by atoms with Crippen LogP contribution < -0.4 is 9.64 Å². The van der Waals surface area contributed by atoms with E-state index in [2.05, 4.69) is 35.5 Å². The molecule has 0 N–H and O–H groups in total. The Hall–Kier alpha value is -4.26. The number of anilines is 1.